The lowest BCUT2D eigenvalue weighted by atomic mass is 9.87. The number of nitrogens with one attached hydrogen (secondary N) is 2. The number of carbonyl (C=O) groups excluding carboxylic acids is 1. The van der Waals surface area contributed by atoms with Gasteiger partial charge in [-0.25, -0.2) is 9.97 Å². The number of aromatic nitrogens is 4. The molecule has 2 aromatic heterocycles. The minimum Gasteiger partial charge on any atom is -0.457 e. The van der Waals surface area contributed by atoms with Gasteiger partial charge in [-0.15, -0.1) is 0 Å². The van der Waals surface area contributed by atoms with Crippen LogP contribution < -0.4 is 10.2 Å². The second-order valence-electron chi connectivity index (χ2n) is 10.6. The third-order valence-electron chi connectivity index (χ3n) is 7.30. The van der Waals surface area contributed by atoms with Gasteiger partial charge in [0, 0.05) is 25.0 Å². The number of benzene rings is 1. The number of likely N-dealkylation sites (tertiary alicyclic amines) is 1. The summed E-state index contributed by atoms with van der Waals surface area (Å²) in [5.74, 6) is 0.707. The first kappa shape index (κ1) is 26.7. The molecule has 3 aromatic rings. The molecule has 39 heavy (non-hydrogen) atoms. The van der Waals surface area contributed by atoms with Crippen LogP contribution in [0, 0.1) is 5.41 Å². The zero-order chi connectivity index (χ0) is 28.3. The molecule has 1 aromatic carbocycles. The van der Waals surface area contributed by atoms with Crippen LogP contribution in [0.5, 0.6) is 0 Å². The highest BCUT2D eigenvalue weighted by atomic mass is 19.4. The summed E-state index contributed by atoms with van der Waals surface area (Å²) in [5, 5.41) is 16.5. The van der Waals surface area contributed by atoms with Crippen LogP contribution in [0.1, 0.15) is 58.0 Å². The lowest BCUT2D eigenvalue weighted by Crippen LogP contribution is -2.45. The summed E-state index contributed by atoms with van der Waals surface area (Å²) >= 11 is 0. The molecule has 2 N–H and O–H groups in total. The summed E-state index contributed by atoms with van der Waals surface area (Å²) in [4.78, 5) is 25.3. The smallest absolute Gasteiger partial charge is 0.408 e. The van der Waals surface area contributed by atoms with E-state index in [2.05, 4.69) is 20.4 Å². The summed E-state index contributed by atoms with van der Waals surface area (Å²) in [6, 6.07) is 3.47. The third-order valence-corrected chi connectivity index (χ3v) is 7.30. The van der Waals surface area contributed by atoms with Crippen LogP contribution in [0.25, 0.3) is 10.9 Å². The Morgan fingerprint density at radius 2 is 2.03 bits per heavy atom. The summed E-state index contributed by atoms with van der Waals surface area (Å²) < 4.78 is 47.4. The zero-order valence-electron chi connectivity index (χ0n) is 22.4. The van der Waals surface area contributed by atoms with E-state index in [1.165, 1.54) is 4.90 Å². The molecule has 0 spiro atoms. The van der Waals surface area contributed by atoms with Gasteiger partial charge in [-0.1, -0.05) is 0 Å². The zero-order valence-corrected chi connectivity index (χ0v) is 22.4. The lowest BCUT2D eigenvalue weighted by molar-refractivity contribution is -0.169. The van der Waals surface area contributed by atoms with Crippen LogP contribution in [0.3, 0.4) is 0 Å². The molecule has 0 aliphatic carbocycles. The Bertz CT molecular complexity index is 1450. The van der Waals surface area contributed by atoms with Crippen molar-refractivity contribution in [3.63, 3.8) is 0 Å². The number of amides is 1. The predicted octanol–water partition coefficient (Wildman–Crippen LogP) is 4.88. The van der Waals surface area contributed by atoms with E-state index in [1.54, 1.807) is 27.1 Å². The molecule has 0 radical (unpaired) electrons. The molecule has 2 aliphatic rings. The molecule has 1 amide bonds. The molecule has 1 saturated heterocycles. The number of alkyl halides is 3. The van der Waals surface area contributed by atoms with Crippen molar-refractivity contribution in [2.75, 3.05) is 23.8 Å². The SMILES string of the molecule is CNc1nc(COC(=N)N2CCCC2C(F)(F)F)nc2c1C(C)(C)C(=O)N2c1ccc2c(cnn2C(C)C)c1. The Balaban J connectivity index is 1.49. The maximum Gasteiger partial charge on any atom is 0.408 e. The third kappa shape index (κ3) is 4.43. The van der Waals surface area contributed by atoms with Gasteiger partial charge in [-0.05, 0) is 58.7 Å². The first-order chi connectivity index (χ1) is 18.3. The molecular weight excluding hydrogens is 513 g/mol. The second-order valence-corrected chi connectivity index (χ2v) is 10.6. The van der Waals surface area contributed by atoms with Crippen LogP contribution >= 0.6 is 0 Å². The Hall–Kier alpha value is -3.90. The number of fused-ring (bicyclic) bond motifs is 2. The average Bonchev–Trinajstić information content (AvgIpc) is 3.58. The van der Waals surface area contributed by atoms with E-state index in [0.29, 0.717) is 29.3 Å². The fourth-order valence-corrected chi connectivity index (χ4v) is 5.36. The normalized spacial score (nSPS) is 18.8. The highest BCUT2D eigenvalue weighted by molar-refractivity contribution is 6.13. The monoisotopic (exact) mass is 544 g/mol. The molecule has 1 fully saturated rings. The second kappa shape index (κ2) is 9.38. The van der Waals surface area contributed by atoms with Crippen molar-refractivity contribution in [2.45, 2.75) is 70.8 Å². The van der Waals surface area contributed by atoms with Gasteiger partial charge in [0.05, 0.1) is 28.4 Å². The van der Waals surface area contributed by atoms with Crippen molar-refractivity contribution < 1.29 is 22.7 Å². The van der Waals surface area contributed by atoms with Crippen molar-refractivity contribution >= 4 is 40.2 Å². The lowest BCUT2D eigenvalue weighted by Gasteiger charge is -2.27. The standard InChI is InChI=1S/C26H31F3N8O2/c1-14(2)37-17-9-8-16(11-15(17)12-32-37)36-22-20(25(3,4)23(36)38)21(31-5)33-19(34-22)13-39-24(30)35-10-6-7-18(35)26(27,28)29/h8-9,11-12,14,18,30H,6-7,10,13H2,1-5H3,(H,31,33,34). The molecule has 10 nitrogen and oxygen atoms in total. The molecule has 208 valence electrons. The largest absolute Gasteiger partial charge is 0.457 e. The molecule has 5 rings (SSSR count). The molecule has 0 saturated carbocycles. The number of rotatable bonds is 5. The van der Waals surface area contributed by atoms with Crippen molar-refractivity contribution in [1.29, 1.82) is 5.41 Å². The van der Waals surface area contributed by atoms with Gasteiger partial charge < -0.3 is 15.0 Å². The fraction of sp³-hybridized carbons (Fsp3) is 0.500. The molecule has 1 atom stereocenters. The fourth-order valence-electron chi connectivity index (χ4n) is 5.36. The van der Waals surface area contributed by atoms with E-state index in [0.717, 1.165) is 15.8 Å². The molecule has 4 heterocycles. The Kier molecular flexibility index (Phi) is 6.42. The molecule has 1 unspecified atom stereocenters. The van der Waals surface area contributed by atoms with Gasteiger partial charge in [-0.2, -0.15) is 18.3 Å². The minimum absolute atomic E-state index is 0.0823. The van der Waals surface area contributed by atoms with E-state index in [-0.39, 0.29) is 37.3 Å². The van der Waals surface area contributed by atoms with Gasteiger partial charge in [0.25, 0.3) is 6.02 Å². The number of halogens is 3. The topological polar surface area (TPSA) is 112 Å². The van der Waals surface area contributed by atoms with Crippen molar-refractivity contribution in [3.05, 3.63) is 35.8 Å². The summed E-state index contributed by atoms with van der Waals surface area (Å²) in [6.45, 7) is 7.42. The number of hydrogen-bond donors (Lipinski definition) is 2. The maximum absolute atomic E-state index is 13.7. The number of ether oxygens (including phenoxy) is 1. The van der Waals surface area contributed by atoms with Crippen LogP contribution in [-0.2, 0) is 21.6 Å². The van der Waals surface area contributed by atoms with E-state index >= 15 is 0 Å². The quantitative estimate of drug-likeness (QED) is 0.348. The molecule has 2 aliphatic heterocycles. The van der Waals surface area contributed by atoms with Crippen molar-refractivity contribution in [2.24, 2.45) is 0 Å². The highest BCUT2D eigenvalue weighted by Crippen LogP contribution is 2.47. The van der Waals surface area contributed by atoms with E-state index in [4.69, 9.17) is 10.1 Å². The van der Waals surface area contributed by atoms with E-state index in [1.807, 2.05) is 36.7 Å². The van der Waals surface area contributed by atoms with Crippen LogP contribution in [-0.4, -0.2) is 62.4 Å². The highest BCUT2D eigenvalue weighted by Gasteiger charge is 2.49. The van der Waals surface area contributed by atoms with Crippen molar-refractivity contribution in [1.82, 2.24) is 24.6 Å². The van der Waals surface area contributed by atoms with E-state index in [9.17, 15) is 18.0 Å². The summed E-state index contributed by atoms with van der Waals surface area (Å²) in [5.41, 5.74) is 1.19. The molecule has 0 bridgehead atoms. The van der Waals surface area contributed by atoms with Gasteiger partial charge in [-0.3, -0.25) is 19.8 Å². The number of hydrogen-bond acceptors (Lipinski definition) is 7. The van der Waals surface area contributed by atoms with Crippen LogP contribution in [0.2, 0.25) is 0 Å². The molecule has 13 heteroatoms. The number of nitrogens with zero attached hydrogens (tertiary/aromatic N) is 6. The summed E-state index contributed by atoms with van der Waals surface area (Å²) in [6.07, 6.45) is -2.46. The van der Waals surface area contributed by atoms with Gasteiger partial charge in [0.1, 0.15) is 17.7 Å². The Morgan fingerprint density at radius 3 is 2.69 bits per heavy atom. The predicted molar refractivity (Wildman–Crippen MR) is 140 cm³/mol. The van der Waals surface area contributed by atoms with Gasteiger partial charge in [0.2, 0.25) is 5.91 Å². The maximum atomic E-state index is 13.7. The molecular formula is C26H31F3N8O2. The van der Waals surface area contributed by atoms with Crippen LogP contribution in [0.15, 0.2) is 24.4 Å². The minimum atomic E-state index is -4.45. The van der Waals surface area contributed by atoms with Crippen LogP contribution in [0.4, 0.5) is 30.5 Å². The van der Waals surface area contributed by atoms with Crippen molar-refractivity contribution in [3.8, 4) is 0 Å². The number of carbonyl (C=O) groups is 1. The Morgan fingerprint density at radius 1 is 1.28 bits per heavy atom. The Labute approximate surface area is 223 Å². The summed E-state index contributed by atoms with van der Waals surface area (Å²) in [7, 11) is 1.67. The number of amidine groups is 1. The van der Waals surface area contributed by atoms with E-state index < -0.39 is 23.7 Å². The average molecular weight is 545 g/mol. The van der Waals surface area contributed by atoms with Gasteiger partial charge >= 0.3 is 6.18 Å². The first-order valence-electron chi connectivity index (χ1n) is 12.8. The number of anilines is 3. The van der Waals surface area contributed by atoms with Gasteiger partial charge in [0.15, 0.2) is 12.4 Å². The first-order valence-corrected chi connectivity index (χ1v) is 12.8.